The standard InChI is InChI=1S/C18H17ClN2O2S/c19-14-7-9-15(10-8-14)23-12-17(22)20-18(24)21-11-3-5-13-4-1-2-6-16(13)21/h1-2,4,6-10H,3,5,11-12H2,(H,20,22,24). The summed E-state index contributed by atoms with van der Waals surface area (Å²) in [6, 6.07) is 15.0. The first-order valence-corrected chi connectivity index (χ1v) is 8.50. The van der Waals surface area contributed by atoms with E-state index in [9.17, 15) is 4.79 Å². The number of halogens is 1. The van der Waals surface area contributed by atoms with Crippen molar-refractivity contribution in [3.63, 3.8) is 0 Å². The van der Waals surface area contributed by atoms with Gasteiger partial charge in [0, 0.05) is 17.3 Å². The maximum Gasteiger partial charge on any atom is 0.264 e. The lowest BCUT2D eigenvalue weighted by Crippen LogP contribution is -2.46. The molecule has 124 valence electrons. The second-order valence-electron chi connectivity index (χ2n) is 5.48. The molecule has 2 aromatic carbocycles. The summed E-state index contributed by atoms with van der Waals surface area (Å²) in [5.74, 6) is 0.307. The Bertz CT molecular complexity index is 749. The predicted molar refractivity (Wildman–Crippen MR) is 99.8 cm³/mol. The number of anilines is 1. The van der Waals surface area contributed by atoms with Gasteiger partial charge in [-0.15, -0.1) is 0 Å². The predicted octanol–water partition coefficient (Wildman–Crippen LogP) is 3.57. The summed E-state index contributed by atoms with van der Waals surface area (Å²) in [5, 5.41) is 3.77. The van der Waals surface area contributed by atoms with E-state index < -0.39 is 0 Å². The van der Waals surface area contributed by atoms with Gasteiger partial charge in [0.05, 0.1) is 0 Å². The van der Waals surface area contributed by atoms with Crippen LogP contribution >= 0.6 is 23.8 Å². The van der Waals surface area contributed by atoms with E-state index in [1.807, 2.05) is 23.1 Å². The third-order valence-corrected chi connectivity index (χ3v) is 4.36. The van der Waals surface area contributed by atoms with Crippen LogP contribution in [0.2, 0.25) is 5.02 Å². The number of nitrogens with one attached hydrogen (secondary N) is 1. The number of aryl methyl sites for hydroxylation is 1. The fourth-order valence-corrected chi connectivity index (χ4v) is 3.08. The van der Waals surface area contributed by atoms with Crippen LogP contribution in [0.15, 0.2) is 48.5 Å². The second kappa shape index (κ2) is 7.64. The van der Waals surface area contributed by atoms with E-state index in [1.54, 1.807) is 24.3 Å². The molecule has 1 heterocycles. The van der Waals surface area contributed by atoms with E-state index in [4.69, 9.17) is 28.6 Å². The lowest BCUT2D eigenvalue weighted by Gasteiger charge is -2.31. The van der Waals surface area contributed by atoms with Crippen molar-refractivity contribution in [1.82, 2.24) is 5.32 Å². The van der Waals surface area contributed by atoms with Gasteiger partial charge in [0.25, 0.3) is 5.91 Å². The first-order valence-electron chi connectivity index (χ1n) is 7.71. The summed E-state index contributed by atoms with van der Waals surface area (Å²) in [5.41, 5.74) is 2.31. The van der Waals surface area contributed by atoms with Crippen LogP contribution in [0.4, 0.5) is 5.69 Å². The Balaban J connectivity index is 1.57. The van der Waals surface area contributed by atoms with Gasteiger partial charge in [0.2, 0.25) is 0 Å². The number of rotatable bonds is 3. The summed E-state index contributed by atoms with van der Waals surface area (Å²) in [4.78, 5) is 14.0. The highest BCUT2D eigenvalue weighted by Crippen LogP contribution is 2.26. The molecular weight excluding hydrogens is 344 g/mol. The van der Waals surface area contributed by atoms with Gasteiger partial charge in [-0.2, -0.15) is 0 Å². The molecule has 1 aliphatic heterocycles. The number of carbonyl (C=O) groups excluding carboxylic acids is 1. The highest BCUT2D eigenvalue weighted by Gasteiger charge is 2.20. The highest BCUT2D eigenvalue weighted by molar-refractivity contribution is 7.80. The molecule has 2 aromatic rings. The topological polar surface area (TPSA) is 41.6 Å². The number of amides is 1. The molecule has 0 aliphatic carbocycles. The molecule has 4 nitrogen and oxygen atoms in total. The minimum Gasteiger partial charge on any atom is -0.484 e. The Morgan fingerprint density at radius 1 is 1.21 bits per heavy atom. The molecule has 1 N–H and O–H groups in total. The monoisotopic (exact) mass is 360 g/mol. The lowest BCUT2D eigenvalue weighted by atomic mass is 10.0. The van der Waals surface area contributed by atoms with E-state index in [2.05, 4.69) is 11.4 Å². The van der Waals surface area contributed by atoms with Crippen molar-refractivity contribution in [1.29, 1.82) is 0 Å². The third kappa shape index (κ3) is 4.04. The van der Waals surface area contributed by atoms with Crippen LogP contribution in [0.3, 0.4) is 0 Å². The zero-order chi connectivity index (χ0) is 16.9. The minimum absolute atomic E-state index is 0.0999. The Morgan fingerprint density at radius 2 is 1.96 bits per heavy atom. The molecule has 0 saturated heterocycles. The summed E-state index contributed by atoms with van der Waals surface area (Å²) in [7, 11) is 0. The van der Waals surface area contributed by atoms with Gasteiger partial charge in [0.15, 0.2) is 11.7 Å². The molecule has 1 amide bonds. The molecule has 0 atom stereocenters. The van der Waals surface area contributed by atoms with Crippen LogP contribution in [0, 0.1) is 0 Å². The van der Waals surface area contributed by atoms with Gasteiger partial charge in [-0.25, -0.2) is 0 Å². The first-order chi connectivity index (χ1) is 11.6. The van der Waals surface area contributed by atoms with Gasteiger partial charge < -0.3 is 9.64 Å². The van der Waals surface area contributed by atoms with E-state index in [0.717, 1.165) is 25.1 Å². The third-order valence-electron chi connectivity index (χ3n) is 3.79. The molecule has 0 bridgehead atoms. The number of para-hydroxylation sites is 1. The first kappa shape index (κ1) is 16.7. The van der Waals surface area contributed by atoms with Crippen LogP contribution in [0.1, 0.15) is 12.0 Å². The van der Waals surface area contributed by atoms with Gasteiger partial charge in [0.1, 0.15) is 5.75 Å². The lowest BCUT2D eigenvalue weighted by molar-refractivity contribution is -0.121. The number of fused-ring (bicyclic) bond motifs is 1. The molecule has 3 rings (SSSR count). The molecule has 0 aromatic heterocycles. The van der Waals surface area contributed by atoms with Gasteiger partial charge >= 0.3 is 0 Å². The SMILES string of the molecule is O=C(COc1ccc(Cl)cc1)NC(=S)N1CCCc2ccccc21. The van der Waals surface area contributed by atoms with Crippen LogP contribution in [-0.2, 0) is 11.2 Å². The smallest absolute Gasteiger partial charge is 0.264 e. The molecular formula is C18H17ClN2O2S. The average molecular weight is 361 g/mol. The summed E-state index contributed by atoms with van der Waals surface area (Å²) >= 11 is 11.2. The number of carbonyl (C=O) groups is 1. The molecule has 24 heavy (non-hydrogen) atoms. The fourth-order valence-electron chi connectivity index (χ4n) is 2.65. The van der Waals surface area contributed by atoms with Crippen LogP contribution in [-0.4, -0.2) is 24.2 Å². The van der Waals surface area contributed by atoms with E-state index in [0.29, 0.717) is 15.9 Å². The van der Waals surface area contributed by atoms with Crippen molar-refractivity contribution < 1.29 is 9.53 Å². The molecule has 0 unspecified atom stereocenters. The normalized spacial score (nSPS) is 13.1. The average Bonchev–Trinajstić information content (AvgIpc) is 2.60. The van der Waals surface area contributed by atoms with Crippen LogP contribution in [0.5, 0.6) is 5.75 Å². The fraction of sp³-hybridized carbons (Fsp3) is 0.222. The summed E-state index contributed by atoms with van der Waals surface area (Å²) < 4.78 is 5.43. The Hall–Kier alpha value is -2.11. The van der Waals surface area contributed by atoms with Crippen molar-refractivity contribution >= 4 is 40.5 Å². The maximum absolute atomic E-state index is 12.1. The Labute approximate surface area is 151 Å². The molecule has 0 fully saturated rings. The second-order valence-corrected chi connectivity index (χ2v) is 6.30. The van der Waals surface area contributed by atoms with Gasteiger partial charge in [-0.1, -0.05) is 29.8 Å². The van der Waals surface area contributed by atoms with Crippen LogP contribution < -0.4 is 15.0 Å². The molecule has 0 radical (unpaired) electrons. The summed E-state index contributed by atoms with van der Waals surface area (Å²) in [6.07, 6.45) is 2.04. The minimum atomic E-state index is -0.280. The number of nitrogens with zero attached hydrogens (tertiary/aromatic N) is 1. The van der Waals surface area contributed by atoms with Crippen molar-refractivity contribution in [3.05, 3.63) is 59.1 Å². The zero-order valence-electron chi connectivity index (χ0n) is 13.0. The molecule has 0 spiro atoms. The Kier molecular flexibility index (Phi) is 5.33. The number of ether oxygens (including phenoxy) is 1. The number of hydrogen-bond acceptors (Lipinski definition) is 3. The number of thiocarbonyl (C=S) groups is 1. The Morgan fingerprint density at radius 3 is 2.75 bits per heavy atom. The van der Waals surface area contributed by atoms with Crippen LogP contribution in [0.25, 0.3) is 0 Å². The quantitative estimate of drug-likeness (QED) is 0.849. The van der Waals surface area contributed by atoms with E-state index in [-0.39, 0.29) is 12.5 Å². The number of hydrogen-bond donors (Lipinski definition) is 1. The van der Waals surface area contributed by atoms with E-state index >= 15 is 0 Å². The van der Waals surface area contributed by atoms with Crippen molar-refractivity contribution in [2.24, 2.45) is 0 Å². The highest BCUT2D eigenvalue weighted by atomic mass is 35.5. The molecule has 0 saturated carbocycles. The van der Waals surface area contributed by atoms with E-state index in [1.165, 1.54) is 5.56 Å². The van der Waals surface area contributed by atoms with Gasteiger partial charge in [-0.05, 0) is 61.0 Å². The molecule has 6 heteroatoms. The zero-order valence-corrected chi connectivity index (χ0v) is 14.6. The van der Waals surface area contributed by atoms with Gasteiger partial charge in [-0.3, -0.25) is 10.1 Å². The largest absolute Gasteiger partial charge is 0.484 e. The number of benzene rings is 2. The van der Waals surface area contributed by atoms with Crippen molar-refractivity contribution in [2.75, 3.05) is 18.1 Å². The van der Waals surface area contributed by atoms with Crippen molar-refractivity contribution in [3.8, 4) is 5.75 Å². The summed E-state index contributed by atoms with van der Waals surface area (Å²) in [6.45, 7) is 0.700. The molecule has 1 aliphatic rings. The maximum atomic E-state index is 12.1. The van der Waals surface area contributed by atoms with Crippen molar-refractivity contribution in [2.45, 2.75) is 12.8 Å².